The lowest BCUT2D eigenvalue weighted by atomic mass is 9.94. The molecule has 0 aromatic heterocycles. The fraction of sp³-hybridized carbons (Fsp3) is 0.500. The Morgan fingerprint density at radius 2 is 1.82 bits per heavy atom. The molecule has 150 valence electrons. The Morgan fingerprint density at radius 3 is 2.46 bits per heavy atom. The van der Waals surface area contributed by atoms with Gasteiger partial charge in [-0.1, -0.05) is 19.9 Å². The van der Waals surface area contributed by atoms with Crippen molar-refractivity contribution in [1.29, 1.82) is 0 Å². The molecule has 0 aliphatic carbocycles. The Labute approximate surface area is 163 Å². The van der Waals surface area contributed by atoms with E-state index < -0.39 is 23.8 Å². The van der Waals surface area contributed by atoms with E-state index in [0.717, 1.165) is 23.3 Å². The predicted molar refractivity (Wildman–Crippen MR) is 102 cm³/mol. The summed E-state index contributed by atoms with van der Waals surface area (Å²) < 4.78 is 0. The first-order valence-electron chi connectivity index (χ1n) is 9.63. The van der Waals surface area contributed by atoms with Gasteiger partial charge in [0.1, 0.15) is 6.04 Å². The first-order chi connectivity index (χ1) is 13.3. The summed E-state index contributed by atoms with van der Waals surface area (Å²) in [4.78, 5) is 49.9. The molecule has 2 heterocycles. The lowest BCUT2D eigenvalue weighted by molar-refractivity contribution is -0.136. The fourth-order valence-corrected chi connectivity index (χ4v) is 3.58. The summed E-state index contributed by atoms with van der Waals surface area (Å²) in [7, 11) is 0. The maximum atomic E-state index is 12.8. The minimum Gasteiger partial charge on any atom is -0.324 e. The zero-order valence-corrected chi connectivity index (χ0v) is 16.2. The van der Waals surface area contributed by atoms with Gasteiger partial charge in [0.25, 0.3) is 11.8 Å². The van der Waals surface area contributed by atoms with E-state index in [2.05, 4.69) is 24.5 Å². The van der Waals surface area contributed by atoms with E-state index in [-0.39, 0.29) is 29.9 Å². The number of nitrogens with zero attached hydrogens (tertiary/aromatic N) is 1. The first-order valence-corrected chi connectivity index (χ1v) is 9.63. The van der Waals surface area contributed by atoms with Crippen molar-refractivity contribution >= 4 is 23.6 Å². The fourth-order valence-electron chi connectivity index (χ4n) is 3.58. The molecule has 2 aliphatic heterocycles. The predicted octanol–water partition coefficient (Wildman–Crippen LogP) is 0.695. The van der Waals surface area contributed by atoms with Gasteiger partial charge < -0.3 is 11.1 Å². The van der Waals surface area contributed by atoms with Crippen LogP contribution < -0.4 is 16.4 Å². The van der Waals surface area contributed by atoms with Crippen molar-refractivity contribution in [3.63, 3.8) is 0 Å². The number of nitrogens with one attached hydrogen (secondary N) is 2. The third kappa shape index (κ3) is 3.70. The van der Waals surface area contributed by atoms with Gasteiger partial charge in [0.2, 0.25) is 11.8 Å². The van der Waals surface area contributed by atoms with E-state index in [1.807, 2.05) is 0 Å². The van der Waals surface area contributed by atoms with Crippen LogP contribution in [0.15, 0.2) is 18.2 Å². The van der Waals surface area contributed by atoms with E-state index in [0.29, 0.717) is 18.7 Å². The van der Waals surface area contributed by atoms with Crippen LogP contribution in [-0.4, -0.2) is 46.7 Å². The Hall–Kier alpha value is -2.58. The van der Waals surface area contributed by atoms with Crippen LogP contribution in [0.25, 0.3) is 0 Å². The van der Waals surface area contributed by atoms with Gasteiger partial charge in [0.05, 0.1) is 11.1 Å². The number of carbonyl (C=O) groups excluding carboxylic acids is 4. The second-order valence-corrected chi connectivity index (χ2v) is 7.50. The standard InChI is InChI=1S/C20H26N4O4/c1-3-20(21,4-2)11-22-10-12-5-6-13-14(9-12)19(28)24(18(13)27)15-7-8-16(25)23-17(15)26/h5-6,9,15,22H,3-4,7-8,10-11,21H2,1-2H3,(H,23,25,26). The summed E-state index contributed by atoms with van der Waals surface area (Å²) in [6.45, 7) is 5.27. The number of rotatable bonds is 7. The molecule has 0 saturated carbocycles. The summed E-state index contributed by atoms with van der Waals surface area (Å²) in [6.07, 6.45) is 1.97. The maximum absolute atomic E-state index is 12.8. The third-order valence-corrected chi connectivity index (χ3v) is 5.72. The topological polar surface area (TPSA) is 122 Å². The van der Waals surface area contributed by atoms with E-state index >= 15 is 0 Å². The molecule has 3 rings (SSSR count). The largest absolute Gasteiger partial charge is 0.324 e. The molecule has 2 aliphatic rings. The summed E-state index contributed by atoms with van der Waals surface area (Å²) >= 11 is 0. The van der Waals surface area contributed by atoms with Crippen LogP contribution in [0.5, 0.6) is 0 Å². The van der Waals surface area contributed by atoms with Crippen molar-refractivity contribution in [2.75, 3.05) is 6.54 Å². The van der Waals surface area contributed by atoms with Gasteiger partial charge in [-0.15, -0.1) is 0 Å². The van der Waals surface area contributed by atoms with Gasteiger partial charge in [0.15, 0.2) is 0 Å². The quantitative estimate of drug-likeness (QED) is 0.593. The summed E-state index contributed by atoms with van der Waals surface area (Å²) in [5.74, 6) is -1.98. The number of benzene rings is 1. The van der Waals surface area contributed by atoms with E-state index in [9.17, 15) is 19.2 Å². The van der Waals surface area contributed by atoms with E-state index in [4.69, 9.17) is 5.73 Å². The van der Waals surface area contributed by atoms with Gasteiger partial charge in [-0.05, 0) is 37.0 Å². The Morgan fingerprint density at radius 1 is 1.14 bits per heavy atom. The highest BCUT2D eigenvalue weighted by molar-refractivity contribution is 6.23. The normalized spacial score (nSPS) is 19.8. The highest BCUT2D eigenvalue weighted by Gasteiger charge is 2.44. The van der Waals surface area contributed by atoms with Crippen LogP contribution in [0, 0.1) is 0 Å². The highest BCUT2D eigenvalue weighted by Crippen LogP contribution is 2.28. The number of imide groups is 2. The van der Waals surface area contributed by atoms with Crippen molar-refractivity contribution in [3.05, 3.63) is 34.9 Å². The van der Waals surface area contributed by atoms with Crippen LogP contribution in [-0.2, 0) is 16.1 Å². The van der Waals surface area contributed by atoms with E-state index in [1.165, 1.54) is 0 Å². The minimum absolute atomic E-state index is 0.106. The van der Waals surface area contributed by atoms with Gasteiger partial charge in [-0.25, -0.2) is 0 Å². The number of nitrogens with two attached hydrogens (primary N) is 1. The Kier molecular flexibility index (Phi) is 5.62. The average Bonchev–Trinajstić information content (AvgIpc) is 2.92. The Bertz CT molecular complexity index is 831. The van der Waals surface area contributed by atoms with Crippen LogP contribution in [0.2, 0.25) is 0 Å². The molecule has 0 spiro atoms. The van der Waals surface area contributed by atoms with Crippen molar-refractivity contribution in [2.24, 2.45) is 5.73 Å². The van der Waals surface area contributed by atoms with Gasteiger partial charge >= 0.3 is 0 Å². The monoisotopic (exact) mass is 386 g/mol. The maximum Gasteiger partial charge on any atom is 0.262 e. The molecule has 1 unspecified atom stereocenters. The zero-order chi connectivity index (χ0) is 20.5. The second kappa shape index (κ2) is 7.81. The smallest absolute Gasteiger partial charge is 0.262 e. The van der Waals surface area contributed by atoms with Crippen molar-refractivity contribution in [2.45, 2.75) is 57.7 Å². The molecule has 1 aromatic carbocycles. The molecule has 1 aromatic rings. The number of piperidine rings is 1. The molecule has 1 fully saturated rings. The number of carbonyl (C=O) groups is 4. The van der Waals surface area contributed by atoms with Crippen molar-refractivity contribution in [3.8, 4) is 0 Å². The zero-order valence-electron chi connectivity index (χ0n) is 16.2. The first kappa shape index (κ1) is 20.2. The molecular formula is C20H26N4O4. The molecule has 1 atom stereocenters. The Balaban J connectivity index is 1.73. The molecule has 0 bridgehead atoms. The minimum atomic E-state index is -0.946. The second-order valence-electron chi connectivity index (χ2n) is 7.50. The van der Waals surface area contributed by atoms with Crippen LogP contribution in [0.4, 0.5) is 0 Å². The molecule has 8 nitrogen and oxygen atoms in total. The highest BCUT2D eigenvalue weighted by atomic mass is 16.2. The molecule has 4 N–H and O–H groups in total. The number of hydrogen-bond donors (Lipinski definition) is 3. The van der Waals surface area contributed by atoms with Crippen molar-refractivity contribution < 1.29 is 19.2 Å². The summed E-state index contributed by atoms with van der Waals surface area (Å²) in [5, 5.41) is 5.50. The van der Waals surface area contributed by atoms with Crippen LogP contribution in [0.3, 0.4) is 0 Å². The van der Waals surface area contributed by atoms with Gasteiger partial charge in [-0.3, -0.25) is 29.4 Å². The van der Waals surface area contributed by atoms with E-state index in [1.54, 1.807) is 18.2 Å². The van der Waals surface area contributed by atoms with Gasteiger partial charge in [-0.2, -0.15) is 0 Å². The lowest BCUT2D eigenvalue weighted by Crippen LogP contribution is -2.54. The average molecular weight is 386 g/mol. The summed E-state index contributed by atoms with van der Waals surface area (Å²) in [6, 6.07) is 4.15. The number of amides is 4. The molecule has 0 radical (unpaired) electrons. The molecule has 28 heavy (non-hydrogen) atoms. The van der Waals surface area contributed by atoms with Crippen molar-refractivity contribution in [1.82, 2.24) is 15.5 Å². The van der Waals surface area contributed by atoms with Crippen LogP contribution in [0.1, 0.15) is 65.8 Å². The molecule has 1 saturated heterocycles. The van der Waals surface area contributed by atoms with Crippen LogP contribution >= 0.6 is 0 Å². The molecule has 8 heteroatoms. The lowest BCUT2D eigenvalue weighted by Gasteiger charge is -2.27. The SMILES string of the molecule is CCC(N)(CC)CNCc1ccc2c(c1)C(=O)N(C1CCC(=O)NC1=O)C2=O. The molecule has 4 amide bonds. The molecular weight excluding hydrogens is 360 g/mol. The summed E-state index contributed by atoms with van der Waals surface area (Å²) in [5.41, 5.74) is 7.45. The van der Waals surface area contributed by atoms with Gasteiger partial charge in [0, 0.05) is 25.0 Å². The number of hydrogen-bond acceptors (Lipinski definition) is 6. The number of fused-ring (bicyclic) bond motifs is 1. The third-order valence-electron chi connectivity index (χ3n) is 5.72.